The van der Waals surface area contributed by atoms with Gasteiger partial charge in [0.25, 0.3) is 5.91 Å². The minimum atomic E-state index is -3.00. The van der Waals surface area contributed by atoms with Crippen molar-refractivity contribution >= 4 is 43.3 Å². The van der Waals surface area contributed by atoms with Crippen LogP contribution in [0.5, 0.6) is 0 Å². The second-order valence-electron chi connectivity index (χ2n) is 4.20. The fourth-order valence-electron chi connectivity index (χ4n) is 1.84. The molecule has 4 nitrogen and oxygen atoms in total. The summed E-state index contributed by atoms with van der Waals surface area (Å²) in [5.41, 5.74) is 0.343. The molecule has 2 rings (SSSR count). The maximum absolute atomic E-state index is 12.0. The first-order valence-electron chi connectivity index (χ1n) is 5.34. The zero-order valence-electron chi connectivity index (χ0n) is 9.32. The van der Waals surface area contributed by atoms with Gasteiger partial charge in [0, 0.05) is 10.5 Å². The zero-order chi connectivity index (χ0) is 13.3. The summed E-state index contributed by atoms with van der Waals surface area (Å²) in [5.74, 6) is -0.211. The number of sulfone groups is 1. The highest BCUT2D eigenvalue weighted by Crippen LogP contribution is 2.21. The molecule has 0 aliphatic carbocycles. The molecular weight excluding hydrogens is 342 g/mol. The summed E-state index contributed by atoms with van der Waals surface area (Å²) in [6.07, 6.45) is 0.458. The molecule has 1 heterocycles. The second-order valence-corrected chi connectivity index (χ2v) is 7.75. The molecule has 1 fully saturated rings. The van der Waals surface area contributed by atoms with E-state index in [1.807, 2.05) is 0 Å². The Bertz CT molecular complexity index is 588. The Morgan fingerprint density at radius 2 is 2.17 bits per heavy atom. The van der Waals surface area contributed by atoms with Crippen LogP contribution in [-0.2, 0) is 9.84 Å². The number of halogens is 2. The molecule has 1 N–H and O–H groups in total. The topological polar surface area (TPSA) is 63.2 Å². The fraction of sp³-hybridized carbons (Fsp3) is 0.364. The van der Waals surface area contributed by atoms with Crippen LogP contribution in [-0.4, -0.2) is 31.9 Å². The van der Waals surface area contributed by atoms with Gasteiger partial charge in [0.1, 0.15) is 0 Å². The van der Waals surface area contributed by atoms with Gasteiger partial charge in [-0.15, -0.1) is 0 Å². The number of carbonyl (C=O) groups excluding carboxylic acids is 1. The molecule has 1 aromatic rings. The molecule has 0 aromatic heterocycles. The van der Waals surface area contributed by atoms with E-state index in [2.05, 4.69) is 21.2 Å². The van der Waals surface area contributed by atoms with Crippen LogP contribution in [0.25, 0.3) is 0 Å². The molecule has 0 radical (unpaired) electrons. The maximum atomic E-state index is 12.0. The minimum absolute atomic E-state index is 0.00433. The number of nitrogens with one attached hydrogen (secondary N) is 1. The quantitative estimate of drug-likeness (QED) is 0.885. The van der Waals surface area contributed by atoms with E-state index in [0.717, 1.165) is 4.47 Å². The number of carbonyl (C=O) groups is 1. The van der Waals surface area contributed by atoms with E-state index in [1.54, 1.807) is 18.2 Å². The lowest BCUT2D eigenvalue weighted by Crippen LogP contribution is -2.35. The number of benzene rings is 1. The summed E-state index contributed by atoms with van der Waals surface area (Å²) < 4.78 is 23.3. The summed E-state index contributed by atoms with van der Waals surface area (Å²) in [6, 6.07) is 4.64. The van der Waals surface area contributed by atoms with E-state index in [1.165, 1.54) is 0 Å². The van der Waals surface area contributed by atoms with Crippen LogP contribution in [0.1, 0.15) is 16.8 Å². The third-order valence-electron chi connectivity index (χ3n) is 2.74. The monoisotopic (exact) mass is 351 g/mol. The van der Waals surface area contributed by atoms with Gasteiger partial charge in [-0.3, -0.25) is 4.79 Å². The molecule has 7 heteroatoms. The van der Waals surface area contributed by atoms with Gasteiger partial charge >= 0.3 is 0 Å². The summed E-state index contributed by atoms with van der Waals surface area (Å²) in [6.45, 7) is 0. The van der Waals surface area contributed by atoms with Crippen molar-refractivity contribution in [3.8, 4) is 0 Å². The van der Waals surface area contributed by atoms with Crippen LogP contribution in [0.15, 0.2) is 22.7 Å². The molecule has 1 atom stereocenters. The maximum Gasteiger partial charge on any atom is 0.253 e. The Kier molecular flexibility index (Phi) is 3.99. The van der Waals surface area contributed by atoms with Crippen LogP contribution in [0, 0.1) is 0 Å². The number of hydrogen-bond acceptors (Lipinski definition) is 3. The Balaban J connectivity index is 2.11. The average molecular weight is 353 g/mol. The van der Waals surface area contributed by atoms with Crippen molar-refractivity contribution in [3.05, 3.63) is 33.3 Å². The van der Waals surface area contributed by atoms with Gasteiger partial charge in [-0.25, -0.2) is 8.42 Å². The standard InChI is InChI=1S/C11H11BrClNO3S/c12-7-1-2-10(13)9(5-7)11(15)14-8-3-4-18(16,17)6-8/h1-2,5,8H,3-4,6H2,(H,14,15)/t8-/m1/s1. The lowest BCUT2D eigenvalue weighted by molar-refractivity contribution is 0.0941. The predicted molar refractivity (Wildman–Crippen MR) is 73.7 cm³/mol. The van der Waals surface area contributed by atoms with E-state index in [4.69, 9.17) is 11.6 Å². The number of amides is 1. The zero-order valence-corrected chi connectivity index (χ0v) is 12.5. The Morgan fingerprint density at radius 1 is 1.44 bits per heavy atom. The van der Waals surface area contributed by atoms with Crippen molar-refractivity contribution in [3.63, 3.8) is 0 Å². The van der Waals surface area contributed by atoms with Gasteiger partial charge < -0.3 is 5.32 Å². The van der Waals surface area contributed by atoms with Crippen molar-refractivity contribution in [1.29, 1.82) is 0 Å². The van der Waals surface area contributed by atoms with E-state index >= 15 is 0 Å². The Morgan fingerprint density at radius 3 is 2.78 bits per heavy atom. The van der Waals surface area contributed by atoms with Gasteiger partial charge in [0.05, 0.1) is 22.1 Å². The largest absolute Gasteiger partial charge is 0.348 e. The van der Waals surface area contributed by atoms with Gasteiger partial charge in [-0.1, -0.05) is 27.5 Å². The van der Waals surface area contributed by atoms with Gasteiger partial charge in [-0.05, 0) is 24.6 Å². The molecule has 1 aromatic carbocycles. The predicted octanol–water partition coefficient (Wildman–Crippen LogP) is 2.02. The molecule has 0 saturated carbocycles. The first-order chi connectivity index (χ1) is 8.37. The van der Waals surface area contributed by atoms with Gasteiger partial charge in [0.15, 0.2) is 9.84 Å². The summed E-state index contributed by atoms with van der Waals surface area (Å²) in [7, 11) is -3.00. The van der Waals surface area contributed by atoms with E-state index in [9.17, 15) is 13.2 Å². The smallest absolute Gasteiger partial charge is 0.253 e. The lowest BCUT2D eigenvalue weighted by atomic mass is 10.2. The van der Waals surface area contributed by atoms with Crippen LogP contribution >= 0.6 is 27.5 Å². The van der Waals surface area contributed by atoms with Gasteiger partial charge in [-0.2, -0.15) is 0 Å². The highest BCUT2D eigenvalue weighted by Gasteiger charge is 2.29. The van der Waals surface area contributed by atoms with Crippen molar-refractivity contribution < 1.29 is 13.2 Å². The summed E-state index contributed by atoms with van der Waals surface area (Å²) >= 11 is 9.19. The SMILES string of the molecule is O=C(N[C@@H]1CCS(=O)(=O)C1)c1cc(Br)ccc1Cl. The molecule has 1 saturated heterocycles. The summed E-state index contributed by atoms with van der Waals surface area (Å²) in [4.78, 5) is 12.0. The molecule has 0 spiro atoms. The first kappa shape index (κ1) is 13.8. The third kappa shape index (κ3) is 3.24. The van der Waals surface area contributed by atoms with Gasteiger partial charge in [0.2, 0.25) is 0 Å². The highest BCUT2D eigenvalue weighted by molar-refractivity contribution is 9.10. The van der Waals surface area contributed by atoms with Crippen molar-refractivity contribution in [2.45, 2.75) is 12.5 Å². The van der Waals surface area contributed by atoms with Crippen molar-refractivity contribution in [2.24, 2.45) is 0 Å². The normalized spacial score (nSPS) is 21.8. The fourth-order valence-corrected chi connectivity index (χ4v) is 4.08. The molecule has 1 aliphatic heterocycles. The Labute approximate surface area is 119 Å². The summed E-state index contributed by atoms with van der Waals surface area (Å²) in [5, 5.41) is 3.04. The second kappa shape index (κ2) is 5.19. The highest BCUT2D eigenvalue weighted by atomic mass is 79.9. The average Bonchev–Trinajstić information content (AvgIpc) is 2.61. The molecule has 18 heavy (non-hydrogen) atoms. The van der Waals surface area contributed by atoms with E-state index in [-0.39, 0.29) is 23.5 Å². The third-order valence-corrected chi connectivity index (χ3v) is 5.33. The Hall–Kier alpha value is -0.590. The van der Waals surface area contributed by atoms with Crippen LogP contribution in [0.4, 0.5) is 0 Å². The molecule has 1 aliphatic rings. The molecule has 1 amide bonds. The number of hydrogen-bond donors (Lipinski definition) is 1. The molecular formula is C11H11BrClNO3S. The first-order valence-corrected chi connectivity index (χ1v) is 8.33. The number of rotatable bonds is 2. The van der Waals surface area contributed by atoms with Crippen LogP contribution in [0.2, 0.25) is 5.02 Å². The molecule has 98 valence electrons. The lowest BCUT2D eigenvalue weighted by Gasteiger charge is -2.11. The van der Waals surface area contributed by atoms with Crippen LogP contribution in [0.3, 0.4) is 0 Å². The van der Waals surface area contributed by atoms with E-state index in [0.29, 0.717) is 17.0 Å². The van der Waals surface area contributed by atoms with E-state index < -0.39 is 9.84 Å². The minimum Gasteiger partial charge on any atom is -0.348 e. The van der Waals surface area contributed by atoms with Crippen molar-refractivity contribution in [2.75, 3.05) is 11.5 Å². The molecule has 0 unspecified atom stereocenters. The van der Waals surface area contributed by atoms with Crippen molar-refractivity contribution in [1.82, 2.24) is 5.32 Å². The molecule has 0 bridgehead atoms. The van der Waals surface area contributed by atoms with Crippen LogP contribution < -0.4 is 5.32 Å².